The Balaban J connectivity index is 2.04. The summed E-state index contributed by atoms with van der Waals surface area (Å²) in [6, 6.07) is 8.94. The summed E-state index contributed by atoms with van der Waals surface area (Å²) in [7, 11) is 0. The van der Waals surface area contributed by atoms with E-state index in [0.29, 0.717) is 17.0 Å². The van der Waals surface area contributed by atoms with E-state index < -0.39 is 0 Å². The van der Waals surface area contributed by atoms with Crippen molar-refractivity contribution >= 4 is 62.7 Å². The predicted octanol–water partition coefficient (Wildman–Crippen LogP) is 3.27. The number of thiophene rings is 1. The Hall–Kier alpha value is -1.19. The molecule has 0 saturated heterocycles. The van der Waals surface area contributed by atoms with Crippen LogP contribution in [0.4, 0.5) is 5.69 Å². The number of carbonyl (C=O) groups excluding carboxylic acids is 1. The quantitative estimate of drug-likeness (QED) is 0.578. The minimum absolute atomic E-state index is 0.143. The topological polar surface area (TPSA) is 64.3 Å². The summed E-state index contributed by atoms with van der Waals surface area (Å²) in [5.74, 6) is 0.464. The van der Waals surface area contributed by atoms with Gasteiger partial charge in [0.1, 0.15) is 17.3 Å². The van der Waals surface area contributed by atoms with E-state index in [1.54, 1.807) is 24.3 Å². The molecule has 2 aromatic rings. The van der Waals surface area contributed by atoms with Crippen LogP contribution in [-0.2, 0) is 0 Å². The highest BCUT2D eigenvalue weighted by atomic mass is 127. The van der Waals surface area contributed by atoms with E-state index in [-0.39, 0.29) is 17.5 Å². The number of thiocarbonyl (C=S) groups is 1. The third-order valence-corrected chi connectivity index (χ3v) is 4.21. The molecule has 0 unspecified atom stereocenters. The molecule has 0 atom stereocenters. The Morgan fingerprint density at radius 1 is 1.45 bits per heavy atom. The number of nitrogens with one attached hydrogen (secondary N) is 1. The van der Waals surface area contributed by atoms with Crippen molar-refractivity contribution in [3.05, 3.63) is 44.2 Å². The fourth-order valence-electron chi connectivity index (χ4n) is 1.45. The Morgan fingerprint density at radius 3 is 2.90 bits per heavy atom. The van der Waals surface area contributed by atoms with E-state index >= 15 is 0 Å². The van der Waals surface area contributed by atoms with Gasteiger partial charge in [-0.05, 0) is 40.8 Å². The maximum Gasteiger partial charge on any atom is 0.256 e. The summed E-state index contributed by atoms with van der Waals surface area (Å²) >= 11 is 8.46. The molecule has 0 aliphatic rings. The molecule has 0 fully saturated rings. The summed E-state index contributed by atoms with van der Waals surface area (Å²) in [5.41, 5.74) is 6.69. The van der Waals surface area contributed by atoms with E-state index in [0.717, 1.165) is 2.88 Å². The lowest BCUT2D eigenvalue weighted by Gasteiger charge is -2.08. The summed E-state index contributed by atoms with van der Waals surface area (Å²) in [4.78, 5) is 12.3. The summed E-state index contributed by atoms with van der Waals surface area (Å²) < 4.78 is 6.45. The van der Waals surface area contributed by atoms with Gasteiger partial charge in [0.2, 0.25) is 0 Å². The maximum absolute atomic E-state index is 12.0. The summed E-state index contributed by atoms with van der Waals surface area (Å²) in [6.07, 6.45) is 0. The molecule has 0 aliphatic heterocycles. The fraction of sp³-hybridized carbons (Fsp3) is 0.0769. The Bertz CT molecular complexity index is 643. The summed E-state index contributed by atoms with van der Waals surface area (Å²) in [5, 5.41) is 4.64. The zero-order valence-electron chi connectivity index (χ0n) is 10.3. The molecule has 1 heterocycles. The maximum atomic E-state index is 12.0. The SMILES string of the molecule is NC(=S)COc1cccc(NC(=O)c2csc(I)c2)c1. The van der Waals surface area contributed by atoms with Crippen molar-refractivity contribution in [2.24, 2.45) is 5.73 Å². The lowest BCUT2D eigenvalue weighted by molar-refractivity contribution is 0.102. The molecular formula is C13H11IN2O2S2. The molecule has 4 nitrogen and oxygen atoms in total. The lowest BCUT2D eigenvalue weighted by atomic mass is 10.2. The molecular weight excluding hydrogens is 407 g/mol. The van der Waals surface area contributed by atoms with Crippen LogP contribution in [0.5, 0.6) is 5.75 Å². The largest absolute Gasteiger partial charge is 0.486 e. The van der Waals surface area contributed by atoms with Crippen LogP contribution in [0.1, 0.15) is 10.4 Å². The Labute approximate surface area is 139 Å². The van der Waals surface area contributed by atoms with Crippen LogP contribution >= 0.6 is 46.1 Å². The molecule has 7 heteroatoms. The van der Waals surface area contributed by atoms with Crippen LogP contribution in [0, 0.1) is 2.88 Å². The number of halogens is 1. The molecule has 104 valence electrons. The smallest absolute Gasteiger partial charge is 0.256 e. The standard InChI is InChI=1S/C13H11IN2O2S2/c14-11-4-8(7-20-11)13(17)16-9-2-1-3-10(5-9)18-6-12(15)19/h1-5,7H,6H2,(H2,15,19)(H,16,17). The van der Waals surface area contributed by atoms with Gasteiger partial charge >= 0.3 is 0 Å². The first-order valence-electron chi connectivity index (χ1n) is 5.61. The second kappa shape index (κ2) is 7.00. The van der Waals surface area contributed by atoms with E-state index in [1.807, 2.05) is 11.4 Å². The highest BCUT2D eigenvalue weighted by Crippen LogP contribution is 2.20. The van der Waals surface area contributed by atoms with E-state index in [4.69, 9.17) is 22.7 Å². The number of rotatable bonds is 5. The zero-order chi connectivity index (χ0) is 14.5. The van der Waals surface area contributed by atoms with Crippen molar-refractivity contribution in [3.63, 3.8) is 0 Å². The molecule has 0 radical (unpaired) electrons. The second-order valence-corrected chi connectivity index (χ2v) is 7.21. The number of carbonyl (C=O) groups is 1. The van der Waals surface area contributed by atoms with E-state index in [2.05, 4.69) is 27.9 Å². The first kappa shape index (κ1) is 15.2. The van der Waals surface area contributed by atoms with Crippen molar-refractivity contribution in [1.82, 2.24) is 0 Å². The van der Waals surface area contributed by atoms with Gasteiger partial charge in [0.05, 0.1) is 8.45 Å². The van der Waals surface area contributed by atoms with Gasteiger partial charge in [-0.2, -0.15) is 0 Å². The van der Waals surface area contributed by atoms with Gasteiger partial charge in [0, 0.05) is 17.1 Å². The van der Waals surface area contributed by atoms with Crippen molar-refractivity contribution in [1.29, 1.82) is 0 Å². The second-order valence-electron chi connectivity index (χ2n) is 3.88. The van der Waals surface area contributed by atoms with Gasteiger partial charge < -0.3 is 15.8 Å². The van der Waals surface area contributed by atoms with Crippen LogP contribution < -0.4 is 15.8 Å². The first-order chi connectivity index (χ1) is 9.54. The molecule has 0 bridgehead atoms. The molecule has 1 amide bonds. The van der Waals surface area contributed by atoms with Crippen molar-refractivity contribution < 1.29 is 9.53 Å². The van der Waals surface area contributed by atoms with Crippen molar-refractivity contribution in [3.8, 4) is 5.75 Å². The Morgan fingerprint density at radius 2 is 2.25 bits per heavy atom. The molecule has 3 N–H and O–H groups in total. The number of nitrogens with two attached hydrogens (primary N) is 1. The predicted molar refractivity (Wildman–Crippen MR) is 93.7 cm³/mol. The van der Waals surface area contributed by atoms with Gasteiger partial charge in [0.25, 0.3) is 5.91 Å². The Kier molecular flexibility index (Phi) is 5.32. The monoisotopic (exact) mass is 418 g/mol. The number of anilines is 1. The third kappa shape index (κ3) is 4.43. The van der Waals surface area contributed by atoms with Crippen LogP contribution in [0.25, 0.3) is 0 Å². The van der Waals surface area contributed by atoms with Crippen molar-refractivity contribution in [2.75, 3.05) is 11.9 Å². The molecule has 0 saturated carbocycles. The average molecular weight is 418 g/mol. The molecule has 1 aromatic carbocycles. The number of hydrogen-bond acceptors (Lipinski definition) is 4. The van der Waals surface area contributed by atoms with Crippen molar-refractivity contribution in [2.45, 2.75) is 0 Å². The highest BCUT2D eigenvalue weighted by Gasteiger charge is 2.08. The number of benzene rings is 1. The fourth-order valence-corrected chi connectivity index (χ4v) is 2.84. The van der Waals surface area contributed by atoms with E-state index in [9.17, 15) is 4.79 Å². The van der Waals surface area contributed by atoms with Crippen LogP contribution in [0.15, 0.2) is 35.7 Å². The van der Waals surface area contributed by atoms with Crippen LogP contribution in [0.2, 0.25) is 0 Å². The zero-order valence-corrected chi connectivity index (χ0v) is 14.1. The van der Waals surface area contributed by atoms with Gasteiger partial charge in [0.15, 0.2) is 0 Å². The van der Waals surface area contributed by atoms with Gasteiger partial charge in [-0.15, -0.1) is 11.3 Å². The number of ether oxygens (including phenoxy) is 1. The van der Waals surface area contributed by atoms with E-state index in [1.165, 1.54) is 11.3 Å². The third-order valence-electron chi connectivity index (χ3n) is 2.30. The normalized spacial score (nSPS) is 10.1. The number of amides is 1. The highest BCUT2D eigenvalue weighted by molar-refractivity contribution is 14.1. The van der Waals surface area contributed by atoms with Gasteiger partial charge in [-0.3, -0.25) is 4.79 Å². The molecule has 2 rings (SSSR count). The minimum Gasteiger partial charge on any atom is -0.486 e. The van der Waals surface area contributed by atoms with Crippen LogP contribution in [-0.4, -0.2) is 17.5 Å². The lowest BCUT2D eigenvalue weighted by Crippen LogP contribution is -2.18. The summed E-state index contributed by atoms with van der Waals surface area (Å²) in [6.45, 7) is 0.176. The molecule has 1 aromatic heterocycles. The number of hydrogen-bond donors (Lipinski definition) is 2. The molecule has 0 aliphatic carbocycles. The molecule has 0 spiro atoms. The average Bonchev–Trinajstić information content (AvgIpc) is 2.84. The molecule has 20 heavy (non-hydrogen) atoms. The van der Waals surface area contributed by atoms with Gasteiger partial charge in [-0.1, -0.05) is 18.3 Å². The van der Waals surface area contributed by atoms with Crippen LogP contribution in [0.3, 0.4) is 0 Å². The van der Waals surface area contributed by atoms with Gasteiger partial charge in [-0.25, -0.2) is 0 Å². The minimum atomic E-state index is -0.143. The first-order valence-corrected chi connectivity index (χ1v) is 7.98.